The average molecular weight is 327 g/mol. The second kappa shape index (κ2) is 7.59. The number of anilines is 1. The summed E-state index contributed by atoms with van der Waals surface area (Å²) in [6, 6.07) is 13.4. The minimum Gasteiger partial charge on any atom is -0.497 e. The van der Waals surface area contributed by atoms with Crippen LogP contribution in [-0.4, -0.2) is 26.3 Å². The number of nitrogens with zero attached hydrogens (tertiary/aromatic N) is 1. The van der Waals surface area contributed by atoms with Gasteiger partial charge in [-0.15, -0.1) is 0 Å². The Bertz CT molecular complexity index is 714. The summed E-state index contributed by atoms with van der Waals surface area (Å²) in [5.41, 5.74) is 7.83. The Labute approximate surface area is 141 Å². The minimum absolute atomic E-state index is 0.348. The molecule has 2 aromatic rings. The van der Waals surface area contributed by atoms with Gasteiger partial charge in [0.25, 0.3) is 0 Å². The molecule has 0 aromatic heterocycles. The van der Waals surface area contributed by atoms with E-state index in [0.717, 1.165) is 34.9 Å². The minimum atomic E-state index is 0.348. The second-order valence-electron chi connectivity index (χ2n) is 5.39. The first-order valence-electron chi connectivity index (χ1n) is 7.84. The fraction of sp³-hybridized carbons (Fsp3) is 0.278. The van der Waals surface area contributed by atoms with Crippen LogP contribution in [0.4, 0.5) is 5.69 Å². The van der Waals surface area contributed by atoms with Crippen LogP contribution in [-0.2, 0) is 6.54 Å². The van der Waals surface area contributed by atoms with Gasteiger partial charge in [0.1, 0.15) is 5.75 Å². The lowest BCUT2D eigenvalue weighted by molar-refractivity contribution is 0.297. The molecule has 0 aliphatic carbocycles. The van der Waals surface area contributed by atoms with Crippen LogP contribution in [0.25, 0.3) is 0 Å². The van der Waals surface area contributed by atoms with Gasteiger partial charge in [-0.2, -0.15) is 0 Å². The molecule has 1 heterocycles. The first kappa shape index (κ1) is 16.0. The molecule has 6 heteroatoms. The monoisotopic (exact) mass is 327 g/mol. The van der Waals surface area contributed by atoms with E-state index in [1.165, 1.54) is 0 Å². The number of hydrogen-bond donors (Lipinski definition) is 2. The van der Waals surface area contributed by atoms with Crippen molar-refractivity contribution in [3.8, 4) is 17.2 Å². The van der Waals surface area contributed by atoms with E-state index in [4.69, 9.17) is 19.9 Å². The van der Waals surface area contributed by atoms with Crippen molar-refractivity contribution in [2.45, 2.75) is 13.0 Å². The standard InChI is InChI=1S/C18H21N3O3/c1-22-15-6-3-13(4-7-15)12-20-18(19)21-14-5-8-16-17(11-14)24-10-2-9-23-16/h3-8,11H,2,9-10,12H2,1H3,(H3,19,20,21). The summed E-state index contributed by atoms with van der Waals surface area (Å²) in [5, 5.41) is 3.07. The van der Waals surface area contributed by atoms with Crippen molar-refractivity contribution >= 4 is 11.6 Å². The summed E-state index contributed by atoms with van der Waals surface area (Å²) in [7, 11) is 1.64. The highest BCUT2D eigenvalue weighted by atomic mass is 16.5. The van der Waals surface area contributed by atoms with Gasteiger partial charge in [0.15, 0.2) is 17.5 Å². The molecule has 24 heavy (non-hydrogen) atoms. The molecule has 0 saturated carbocycles. The number of benzene rings is 2. The number of rotatable bonds is 4. The third-order valence-corrected chi connectivity index (χ3v) is 3.61. The molecule has 0 bridgehead atoms. The molecule has 3 rings (SSSR count). The van der Waals surface area contributed by atoms with Gasteiger partial charge in [-0.25, -0.2) is 4.99 Å². The topological polar surface area (TPSA) is 78.1 Å². The third-order valence-electron chi connectivity index (χ3n) is 3.61. The Morgan fingerprint density at radius 2 is 1.88 bits per heavy atom. The van der Waals surface area contributed by atoms with Crippen LogP contribution >= 0.6 is 0 Å². The normalized spacial score (nSPS) is 14.0. The molecule has 1 aliphatic heterocycles. The fourth-order valence-corrected chi connectivity index (χ4v) is 2.34. The van der Waals surface area contributed by atoms with Crippen molar-refractivity contribution in [1.82, 2.24) is 0 Å². The number of aliphatic imine (C=N–C) groups is 1. The zero-order valence-electron chi connectivity index (χ0n) is 13.6. The molecule has 0 amide bonds. The fourth-order valence-electron chi connectivity index (χ4n) is 2.34. The van der Waals surface area contributed by atoms with Crippen molar-refractivity contribution in [2.75, 3.05) is 25.6 Å². The van der Waals surface area contributed by atoms with Gasteiger partial charge in [0, 0.05) is 18.2 Å². The smallest absolute Gasteiger partial charge is 0.193 e. The van der Waals surface area contributed by atoms with Crippen LogP contribution in [0.2, 0.25) is 0 Å². The maximum atomic E-state index is 5.96. The van der Waals surface area contributed by atoms with E-state index in [9.17, 15) is 0 Å². The molecule has 0 unspecified atom stereocenters. The Kier molecular flexibility index (Phi) is 5.05. The maximum absolute atomic E-state index is 5.96. The number of methoxy groups -OCH3 is 1. The lowest BCUT2D eigenvalue weighted by Gasteiger charge is -2.10. The first-order chi connectivity index (χ1) is 11.7. The van der Waals surface area contributed by atoms with E-state index >= 15 is 0 Å². The van der Waals surface area contributed by atoms with Gasteiger partial charge in [0.05, 0.1) is 26.9 Å². The van der Waals surface area contributed by atoms with Crippen LogP contribution in [0, 0.1) is 0 Å². The SMILES string of the molecule is COc1ccc(CN=C(N)Nc2ccc3c(c2)OCCCO3)cc1. The van der Waals surface area contributed by atoms with E-state index < -0.39 is 0 Å². The quantitative estimate of drug-likeness (QED) is 0.667. The van der Waals surface area contributed by atoms with Crippen LogP contribution in [0.3, 0.4) is 0 Å². The molecular formula is C18H21N3O3. The number of nitrogens with one attached hydrogen (secondary N) is 1. The van der Waals surface area contributed by atoms with Gasteiger partial charge in [-0.1, -0.05) is 12.1 Å². The molecule has 0 saturated heterocycles. The molecule has 0 radical (unpaired) electrons. The molecule has 2 aromatic carbocycles. The molecule has 3 N–H and O–H groups in total. The first-order valence-corrected chi connectivity index (χ1v) is 7.84. The predicted octanol–water partition coefficient (Wildman–Crippen LogP) is 2.78. The zero-order valence-corrected chi connectivity index (χ0v) is 13.6. The predicted molar refractivity (Wildman–Crippen MR) is 94.0 cm³/mol. The lowest BCUT2D eigenvalue weighted by atomic mass is 10.2. The summed E-state index contributed by atoms with van der Waals surface area (Å²) in [5.74, 6) is 2.65. The van der Waals surface area contributed by atoms with E-state index in [2.05, 4.69) is 10.3 Å². The van der Waals surface area contributed by atoms with Crippen molar-refractivity contribution in [1.29, 1.82) is 0 Å². The Morgan fingerprint density at radius 1 is 1.12 bits per heavy atom. The lowest BCUT2D eigenvalue weighted by Crippen LogP contribution is -2.22. The highest BCUT2D eigenvalue weighted by molar-refractivity contribution is 5.92. The molecule has 0 atom stereocenters. The van der Waals surface area contributed by atoms with Crippen molar-refractivity contribution < 1.29 is 14.2 Å². The third kappa shape index (κ3) is 4.10. The summed E-state index contributed by atoms with van der Waals surface area (Å²) in [4.78, 5) is 4.35. The summed E-state index contributed by atoms with van der Waals surface area (Å²) in [6.07, 6.45) is 0.878. The molecule has 6 nitrogen and oxygen atoms in total. The van der Waals surface area contributed by atoms with Gasteiger partial charge in [0.2, 0.25) is 0 Å². The van der Waals surface area contributed by atoms with Gasteiger partial charge < -0.3 is 25.3 Å². The Hall–Kier alpha value is -2.89. The molecular weight excluding hydrogens is 306 g/mol. The summed E-state index contributed by atoms with van der Waals surface area (Å²) >= 11 is 0. The van der Waals surface area contributed by atoms with Crippen molar-refractivity contribution in [2.24, 2.45) is 10.7 Å². The Balaban J connectivity index is 1.63. The maximum Gasteiger partial charge on any atom is 0.193 e. The largest absolute Gasteiger partial charge is 0.497 e. The highest BCUT2D eigenvalue weighted by Crippen LogP contribution is 2.32. The molecule has 126 valence electrons. The van der Waals surface area contributed by atoms with Crippen LogP contribution in [0.15, 0.2) is 47.5 Å². The van der Waals surface area contributed by atoms with E-state index in [0.29, 0.717) is 25.7 Å². The number of nitrogens with two attached hydrogens (primary N) is 1. The van der Waals surface area contributed by atoms with E-state index in [-0.39, 0.29) is 0 Å². The molecule has 0 fully saturated rings. The highest BCUT2D eigenvalue weighted by Gasteiger charge is 2.10. The summed E-state index contributed by atoms with van der Waals surface area (Å²) in [6.45, 7) is 1.82. The van der Waals surface area contributed by atoms with E-state index in [1.54, 1.807) is 7.11 Å². The van der Waals surface area contributed by atoms with Crippen molar-refractivity contribution in [3.63, 3.8) is 0 Å². The van der Waals surface area contributed by atoms with Crippen LogP contribution in [0.1, 0.15) is 12.0 Å². The van der Waals surface area contributed by atoms with Crippen molar-refractivity contribution in [3.05, 3.63) is 48.0 Å². The number of hydrogen-bond acceptors (Lipinski definition) is 4. The number of guanidine groups is 1. The van der Waals surface area contributed by atoms with Crippen LogP contribution in [0.5, 0.6) is 17.2 Å². The number of fused-ring (bicyclic) bond motifs is 1. The average Bonchev–Trinajstić information content (AvgIpc) is 2.85. The summed E-state index contributed by atoms with van der Waals surface area (Å²) < 4.78 is 16.4. The zero-order chi connectivity index (χ0) is 16.8. The Morgan fingerprint density at radius 3 is 2.62 bits per heavy atom. The van der Waals surface area contributed by atoms with E-state index in [1.807, 2.05) is 42.5 Å². The van der Waals surface area contributed by atoms with Gasteiger partial charge >= 0.3 is 0 Å². The van der Waals surface area contributed by atoms with Gasteiger partial charge in [-0.3, -0.25) is 0 Å². The number of ether oxygens (including phenoxy) is 3. The molecule has 0 spiro atoms. The van der Waals surface area contributed by atoms with Crippen LogP contribution < -0.4 is 25.3 Å². The second-order valence-corrected chi connectivity index (χ2v) is 5.39. The van der Waals surface area contributed by atoms with Gasteiger partial charge in [-0.05, 0) is 29.8 Å². The molecule has 1 aliphatic rings.